The molecule has 1 N–H and O–H groups in total. The SMILES string of the molecule is CC(C)[C@H](c1nnnn1C(C)(C)C)N(Cc1cccs1)Cc1cc2cc3c(cc2[nH]c1=O)OCO3. The molecule has 184 valence electrons. The second-order valence-corrected chi connectivity index (χ2v) is 11.2. The van der Waals surface area contributed by atoms with Crippen LogP contribution < -0.4 is 15.0 Å². The molecule has 0 saturated heterocycles. The van der Waals surface area contributed by atoms with E-state index in [4.69, 9.17) is 9.47 Å². The highest BCUT2D eigenvalue weighted by Crippen LogP contribution is 2.36. The number of hydrogen-bond donors (Lipinski definition) is 1. The van der Waals surface area contributed by atoms with Crippen molar-refractivity contribution in [2.45, 2.75) is 59.3 Å². The molecule has 4 aromatic rings. The van der Waals surface area contributed by atoms with Gasteiger partial charge in [-0.25, -0.2) is 4.68 Å². The summed E-state index contributed by atoms with van der Waals surface area (Å²) >= 11 is 1.70. The molecule has 1 aliphatic rings. The summed E-state index contributed by atoms with van der Waals surface area (Å²) in [5.74, 6) is 2.34. The summed E-state index contributed by atoms with van der Waals surface area (Å²) in [7, 11) is 0. The molecule has 0 saturated carbocycles. The topological polar surface area (TPSA) is 98.2 Å². The van der Waals surface area contributed by atoms with Crippen LogP contribution >= 0.6 is 11.3 Å². The molecule has 0 amide bonds. The van der Waals surface area contributed by atoms with Crippen LogP contribution in [0.15, 0.2) is 40.5 Å². The summed E-state index contributed by atoms with van der Waals surface area (Å²) in [4.78, 5) is 19.7. The predicted molar refractivity (Wildman–Crippen MR) is 135 cm³/mol. The van der Waals surface area contributed by atoms with Gasteiger partial charge in [-0.2, -0.15) is 0 Å². The minimum absolute atomic E-state index is 0.0989. The Balaban J connectivity index is 1.57. The highest BCUT2D eigenvalue weighted by Gasteiger charge is 2.33. The third-order valence-corrected chi connectivity index (χ3v) is 7.01. The lowest BCUT2D eigenvalue weighted by molar-refractivity contribution is 0.121. The normalized spacial score (nSPS) is 14.4. The Labute approximate surface area is 207 Å². The molecule has 10 heteroatoms. The van der Waals surface area contributed by atoms with Crippen LogP contribution in [0.1, 0.15) is 56.9 Å². The molecule has 0 spiro atoms. The largest absolute Gasteiger partial charge is 0.454 e. The van der Waals surface area contributed by atoms with Crippen LogP contribution in [-0.4, -0.2) is 36.9 Å². The van der Waals surface area contributed by atoms with Crippen LogP contribution in [0.2, 0.25) is 0 Å². The molecule has 9 nitrogen and oxygen atoms in total. The van der Waals surface area contributed by atoms with Gasteiger partial charge in [-0.1, -0.05) is 19.9 Å². The van der Waals surface area contributed by atoms with Gasteiger partial charge in [0.25, 0.3) is 5.56 Å². The third kappa shape index (κ3) is 4.68. The molecule has 0 fully saturated rings. The molecule has 0 bridgehead atoms. The van der Waals surface area contributed by atoms with Gasteiger partial charge in [-0.15, -0.1) is 16.4 Å². The van der Waals surface area contributed by atoms with E-state index in [-0.39, 0.29) is 29.9 Å². The van der Waals surface area contributed by atoms with E-state index in [1.165, 1.54) is 4.88 Å². The second kappa shape index (κ2) is 9.09. The van der Waals surface area contributed by atoms with Crippen molar-refractivity contribution in [2.75, 3.05) is 6.79 Å². The zero-order chi connectivity index (χ0) is 24.7. The van der Waals surface area contributed by atoms with Gasteiger partial charge in [-0.05, 0) is 60.7 Å². The minimum Gasteiger partial charge on any atom is -0.454 e. The Kier molecular flexibility index (Phi) is 6.10. The quantitative estimate of drug-likeness (QED) is 0.405. The van der Waals surface area contributed by atoms with Crippen LogP contribution in [0, 0.1) is 5.92 Å². The smallest absolute Gasteiger partial charge is 0.252 e. The van der Waals surface area contributed by atoms with Crippen molar-refractivity contribution < 1.29 is 9.47 Å². The van der Waals surface area contributed by atoms with E-state index in [0.29, 0.717) is 30.2 Å². The molecule has 35 heavy (non-hydrogen) atoms. The van der Waals surface area contributed by atoms with Crippen molar-refractivity contribution in [3.8, 4) is 11.5 Å². The van der Waals surface area contributed by atoms with Gasteiger partial charge in [0.2, 0.25) is 6.79 Å². The molecule has 5 rings (SSSR count). The maximum atomic E-state index is 13.2. The first-order valence-corrected chi connectivity index (χ1v) is 12.6. The van der Waals surface area contributed by atoms with E-state index in [2.05, 4.69) is 71.5 Å². The maximum absolute atomic E-state index is 13.2. The average Bonchev–Trinajstić information content (AvgIpc) is 3.54. The van der Waals surface area contributed by atoms with Crippen molar-refractivity contribution in [3.05, 3.63) is 62.3 Å². The number of nitrogens with one attached hydrogen (secondary N) is 1. The number of hydrogen-bond acceptors (Lipinski definition) is 8. The van der Waals surface area contributed by atoms with Gasteiger partial charge in [0.05, 0.1) is 17.1 Å². The fourth-order valence-corrected chi connectivity index (χ4v) is 5.30. The Morgan fingerprint density at radius 2 is 1.94 bits per heavy atom. The van der Waals surface area contributed by atoms with Crippen LogP contribution in [0.3, 0.4) is 0 Å². The predicted octanol–water partition coefficient (Wildman–Crippen LogP) is 4.46. The number of ether oxygens (including phenoxy) is 2. The van der Waals surface area contributed by atoms with Crippen LogP contribution in [0.25, 0.3) is 10.9 Å². The summed E-state index contributed by atoms with van der Waals surface area (Å²) < 4.78 is 12.9. The van der Waals surface area contributed by atoms with E-state index >= 15 is 0 Å². The summed E-state index contributed by atoms with van der Waals surface area (Å²) in [6.45, 7) is 11.9. The summed E-state index contributed by atoms with van der Waals surface area (Å²) in [5, 5.41) is 15.8. The molecule has 0 radical (unpaired) electrons. The monoisotopic (exact) mass is 494 g/mol. The van der Waals surface area contributed by atoms with Gasteiger partial charge in [0, 0.05) is 35.0 Å². The third-order valence-electron chi connectivity index (χ3n) is 6.15. The van der Waals surface area contributed by atoms with E-state index in [1.807, 2.05) is 28.9 Å². The second-order valence-electron chi connectivity index (χ2n) is 10.2. The van der Waals surface area contributed by atoms with E-state index in [1.54, 1.807) is 11.3 Å². The van der Waals surface area contributed by atoms with Crippen LogP contribution in [0.5, 0.6) is 11.5 Å². The Morgan fingerprint density at radius 1 is 1.17 bits per heavy atom. The zero-order valence-corrected chi connectivity index (χ0v) is 21.4. The molecule has 0 unspecified atom stereocenters. The minimum atomic E-state index is -0.274. The van der Waals surface area contributed by atoms with Crippen molar-refractivity contribution in [1.29, 1.82) is 0 Å². The van der Waals surface area contributed by atoms with Crippen molar-refractivity contribution >= 4 is 22.2 Å². The standard InChI is InChI=1S/C25H30N6O3S/c1-15(2)22(23-27-28-29-31(23)25(3,4)5)30(13-18-7-6-8-35-18)12-17-9-16-10-20-21(34-14-33-20)11-19(16)26-24(17)32/h6-11,15,22H,12-14H2,1-5H3,(H,26,32)/t22-/m1/s1. The number of benzene rings is 1. The first-order chi connectivity index (χ1) is 16.7. The molecule has 1 atom stereocenters. The summed E-state index contributed by atoms with van der Waals surface area (Å²) in [6, 6.07) is 9.75. The molecule has 0 aliphatic carbocycles. The molecular weight excluding hydrogens is 464 g/mol. The van der Waals surface area contributed by atoms with Crippen LogP contribution in [-0.2, 0) is 18.6 Å². The molecule has 1 aliphatic heterocycles. The van der Waals surface area contributed by atoms with Crippen molar-refractivity contribution in [1.82, 2.24) is 30.1 Å². The average molecular weight is 495 g/mol. The maximum Gasteiger partial charge on any atom is 0.252 e. The van der Waals surface area contributed by atoms with Gasteiger partial charge in [-0.3, -0.25) is 9.69 Å². The number of nitrogens with zero attached hydrogens (tertiary/aromatic N) is 5. The number of aromatic nitrogens is 5. The number of fused-ring (bicyclic) bond motifs is 2. The zero-order valence-electron chi connectivity index (χ0n) is 20.6. The Morgan fingerprint density at radius 3 is 2.63 bits per heavy atom. The molecule has 1 aromatic carbocycles. The molecule has 3 aromatic heterocycles. The van der Waals surface area contributed by atoms with Crippen molar-refractivity contribution in [3.63, 3.8) is 0 Å². The van der Waals surface area contributed by atoms with Gasteiger partial charge >= 0.3 is 0 Å². The summed E-state index contributed by atoms with van der Waals surface area (Å²) in [5.41, 5.74) is 1.01. The lowest BCUT2D eigenvalue weighted by Gasteiger charge is -2.34. The van der Waals surface area contributed by atoms with Gasteiger partial charge in [0.1, 0.15) is 0 Å². The number of pyridine rings is 1. The lowest BCUT2D eigenvalue weighted by Crippen LogP contribution is -2.37. The number of rotatable bonds is 7. The molecular formula is C25H30N6O3S. The van der Waals surface area contributed by atoms with E-state index < -0.39 is 0 Å². The first kappa shape index (κ1) is 23.5. The fraction of sp³-hybridized carbons (Fsp3) is 0.440. The Bertz CT molecular complexity index is 1390. The van der Waals surface area contributed by atoms with Gasteiger partial charge in [0.15, 0.2) is 17.3 Å². The summed E-state index contributed by atoms with van der Waals surface area (Å²) in [6.07, 6.45) is 0. The van der Waals surface area contributed by atoms with E-state index in [9.17, 15) is 4.79 Å². The number of thiophene rings is 1. The number of H-pyrrole nitrogens is 1. The van der Waals surface area contributed by atoms with Crippen LogP contribution in [0.4, 0.5) is 0 Å². The highest BCUT2D eigenvalue weighted by molar-refractivity contribution is 7.09. The Hall–Kier alpha value is -3.24. The number of aromatic amines is 1. The lowest BCUT2D eigenvalue weighted by atomic mass is 9.99. The molecule has 4 heterocycles. The number of tetrazole rings is 1. The highest BCUT2D eigenvalue weighted by atomic mass is 32.1. The van der Waals surface area contributed by atoms with Crippen molar-refractivity contribution in [2.24, 2.45) is 5.92 Å². The van der Waals surface area contributed by atoms with E-state index in [0.717, 1.165) is 16.7 Å². The first-order valence-electron chi connectivity index (χ1n) is 11.7. The van der Waals surface area contributed by atoms with Gasteiger partial charge < -0.3 is 14.5 Å². The fourth-order valence-electron chi connectivity index (χ4n) is 4.57.